The Morgan fingerprint density at radius 2 is 1.28 bits per heavy atom. The van der Waals surface area contributed by atoms with Gasteiger partial charge in [0.1, 0.15) is 16.8 Å². The molecule has 10 fully saturated rings. The molecule has 6 N–H and O–H groups in total. The van der Waals surface area contributed by atoms with Crippen LogP contribution in [0.15, 0.2) is 27.0 Å². The van der Waals surface area contributed by atoms with Crippen LogP contribution in [0.1, 0.15) is 204 Å². The largest absolute Gasteiger partial charge is 0.389 e. The van der Waals surface area contributed by atoms with E-state index in [1.54, 1.807) is 0 Å². The molecule has 23 atom stereocenters. The lowest BCUT2D eigenvalue weighted by Crippen LogP contribution is -2.57. The SMILES string of the molecule is C.C/C=C1/[C@H](O)CC2C(C)C(C)CCC12C.CC(=NN)C12O[C@@H]1CC1C(C)C(C)CCC12C.CC1=NNC2CC3C(C)C(C)(C)CCC3(C)[C@@]12O.CC1CCC2(C)C(C[C@H]3OC32C(C)N=N)C1C.[2HH].[B].[B].[B]. The van der Waals surface area contributed by atoms with Gasteiger partial charge in [0.25, 0.3) is 0 Å². The maximum atomic E-state index is 11.2. The quantitative estimate of drug-likeness (QED) is 0.0359. The monoisotopic (exact) mass is 983 g/mol. The Morgan fingerprint density at radius 3 is 1.83 bits per heavy atom. The van der Waals surface area contributed by atoms with Gasteiger partial charge in [0.15, 0.2) is 0 Å². The van der Waals surface area contributed by atoms with E-state index >= 15 is 0 Å². The molecule has 399 valence electrons. The number of aliphatic hydroxyl groups is 2. The molecule has 0 spiro atoms. The van der Waals surface area contributed by atoms with Crippen LogP contribution in [0.25, 0.3) is 0 Å². The van der Waals surface area contributed by atoms with Gasteiger partial charge >= 0.3 is 0 Å². The summed E-state index contributed by atoms with van der Waals surface area (Å²) in [5.74, 6) is 13.9. The van der Waals surface area contributed by atoms with Crippen LogP contribution >= 0.6 is 0 Å². The van der Waals surface area contributed by atoms with Gasteiger partial charge in [-0.25, -0.2) is 5.53 Å². The van der Waals surface area contributed by atoms with E-state index in [0.29, 0.717) is 40.8 Å². The molecule has 3 heterocycles. The first-order chi connectivity index (χ1) is 31.2. The smallest absolute Gasteiger partial charge is 0.140 e. The Labute approximate surface area is 441 Å². The van der Waals surface area contributed by atoms with Gasteiger partial charge in [0.2, 0.25) is 0 Å². The van der Waals surface area contributed by atoms with Gasteiger partial charge in [-0.3, -0.25) is 0 Å². The summed E-state index contributed by atoms with van der Waals surface area (Å²) in [5.41, 5.74) is 14.0. The van der Waals surface area contributed by atoms with E-state index in [0.717, 1.165) is 78.0 Å². The summed E-state index contributed by atoms with van der Waals surface area (Å²) in [6, 6.07) is 0.159. The Morgan fingerprint density at radius 1 is 0.761 bits per heavy atom. The summed E-state index contributed by atoms with van der Waals surface area (Å²) in [7, 11) is 0. The van der Waals surface area contributed by atoms with Crippen molar-refractivity contribution in [3.05, 3.63) is 11.6 Å². The Balaban J connectivity index is 0.000000248. The predicted octanol–water partition coefficient (Wildman–Crippen LogP) is 11.9. The highest BCUT2D eigenvalue weighted by atomic mass is 16.6. The van der Waals surface area contributed by atoms with Gasteiger partial charge in [-0.15, -0.1) is 0 Å². The molecule has 11 rings (SSSR count). The maximum absolute atomic E-state index is 11.2. The van der Waals surface area contributed by atoms with Gasteiger partial charge in [-0.1, -0.05) is 104 Å². The molecule has 13 heteroatoms. The van der Waals surface area contributed by atoms with Crippen molar-refractivity contribution in [3.8, 4) is 0 Å². The second-order valence-electron chi connectivity index (χ2n) is 27.1. The van der Waals surface area contributed by atoms with Crippen molar-refractivity contribution in [3.63, 3.8) is 0 Å². The molecule has 8 saturated carbocycles. The molecular formula is C58H104B3N6O4. The van der Waals surface area contributed by atoms with Crippen molar-refractivity contribution >= 4 is 36.7 Å². The number of fused-ring (bicyclic) bond motifs is 10. The normalized spacial score (nSPS) is 52.5. The predicted molar refractivity (Wildman–Crippen MR) is 298 cm³/mol. The van der Waals surface area contributed by atoms with Crippen molar-refractivity contribution in [2.75, 3.05) is 0 Å². The van der Waals surface area contributed by atoms with Crippen molar-refractivity contribution < 1.29 is 21.1 Å². The van der Waals surface area contributed by atoms with E-state index in [-0.39, 0.29) is 79.7 Å². The highest BCUT2D eigenvalue weighted by molar-refractivity contribution is 5.95. The Hall–Kier alpha value is -1.69. The third-order valence-electron chi connectivity index (χ3n) is 24.7. The Kier molecular flexibility index (Phi) is 18.0. The standard InChI is InChI=1S/C15H26N2O.2C14H24N2O.C14H24O.CH4.3B.H2/c1-9-11-8-12-15(18,10(2)16-17-12)14(11,5)7-6-13(9,3)4;2*1-8-5-6-13(4)11(9(8)2)7-12-14(13,17-12)10(3)16-15;1-5-11-13(15)8-12-10(3)9(2)6-7-14(11,12)4;;;;;/h9,11-12,17-18H,6-8H2,1-5H3;8-9,11-12H,5-7,15H2,1-4H3;8-12,15H,5-7H2,1-4H3;5,9-10,12-13,15H,6-8H2,1-4H3;1H4;;;;1H/b;;;11-5-;;;;;/t9?,11?,12?,14?,15-;8?,9?,11?,12-,13?,14?;8?,9?,10?,11?,12-,13?,14?;9?,10?,12?,13-,14?;;;;;/m1111...../s1/i;;;;;;;;1+1. The number of aliphatic hydroxyl groups excluding tert-OH is 1. The molecule has 0 aromatic carbocycles. The molecule has 8 aliphatic carbocycles. The molecule has 71 heavy (non-hydrogen) atoms. The fourth-order valence-electron chi connectivity index (χ4n) is 18.8. The van der Waals surface area contributed by atoms with Gasteiger partial charge < -0.3 is 31.0 Å². The van der Waals surface area contributed by atoms with Crippen molar-refractivity contribution in [2.24, 2.45) is 113 Å². The lowest BCUT2D eigenvalue weighted by Gasteiger charge is -2.53. The van der Waals surface area contributed by atoms with E-state index in [2.05, 4.69) is 131 Å². The summed E-state index contributed by atoms with van der Waals surface area (Å²) in [5, 5.41) is 33.4. The molecule has 9 radical (unpaired) electrons. The van der Waals surface area contributed by atoms with Crippen LogP contribution in [-0.4, -0.2) is 94.1 Å². The highest BCUT2D eigenvalue weighted by Gasteiger charge is 2.79. The van der Waals surface area contributed by atoms with Crippen LogP contribution in [0, 0.1) is 97.7 Å². The van der Waals surface area contributed by atoms with E-state index in [1.165, 1.54) is 63.4 Å². The van der Waals surface area contributed by atoms with Crippen LogP contribution in [-0.2, 0) is 9.47 Å². The summed E-state index contributed by atoms with van der Waals surface area (Å²) >= 11 is 0. The average molecular weight is 983 g/mol. The summed E-state index contributed by atoms with van der Waals surface area (Å²) in [6.45, 7) is 39.1. The van der Waals surface area contributed by atoms with E-state index < -0.39 is 5.60 Å². The number of hydrogen-bond donors (Lipinski definition) is 5. The number of hydrazone groups is 2. The first-order valence-corrected chi connectivity index (χ1v) is 27.5. The number of nitrogens with zero attached hydrogens (tertiary/aromatic N) is 3. The van der Waals surface area contributed by atoms with E-state index in [9.17, 15) is 10.2 Å². The lowest BCUT2D eigenvalue weighted by atomic mass is 9.52. The summed E-state index contributed by atoms with van der Waals surface area (Å²) < 4.78 is 12.1. The summed E-state index contributed by atoms with van der Waals surface area (Å²) in [6.07, 6.45) is 17.2. The van der Waals surface area contributed by atoms with Crippen LogP contribution in [0.3, 0.4) is 0 Å². The number of nitrogens with two attached hydrogens (primary N) is 1. The second-order valence-corrected chi connectivity index (χ2v) is 27.1. The van der Waals surface area contributed by atoms with Crippen LogP contribution < -0.4 is 11.3 Å². The van der Waals surface area contributed by atoms with Crippen LogP contribution in [0.4, 0.5) is 0 Å². The Bertz CT molecular complexity index is 2010. The number of rotatable bonds is 3. The molecule has 2 saturated heterocycles. The van der Waals surface area contributed by atoms with Crippen LogP contribution in [0.5, 0.6) is 0 Å². The minimum atomic E-state index is -0.720. The topological polar surface area (TPSA) is 164 Å². The number of hydrogen-bond acceptors (Lipinski definition) is 10. The van der Waals surface area contributed by atoms with Crippen molar-refractivity contribution in [1.82, 2.24) is 5.43 Å². The molecule has 0 aromatic heterocycles. The minimum absolute atomic E-state index is 0. The molecule has 3 aliphatic heterocycles. The van der Waals surface area contributed by atoms with Gasteiger partial charge in [0.05, 0.1) is 41.8 Å². The van der Waals surface area contributed by atoms with E-state index in [4.69, 9.17) is 20.8 Å². The van der Waals surface area contributed by atoms with Crippen LogP contribution in [0.2, 0.25) is 0 Å². The first-order valence-electron chi connectivity index (χ1n) is 27.5. The van der Waals surface area contributed by atoms with Gasteiger partial charge in [-0.05, 0) is 186 Å². The first kappa shape index (κ1) is 61.9. The number of ether oxygens (including phenoxy) is 2. The number of nitrogens with one attached hydrogen (secondary N) is 2. The van der Waals surface area contributed by atoms with Crippen molar-refractivity contribution in [2.45, 2.75) is 249 Å². The molecule has 19 unspecified atom stereocenters. The third-order valence-corrected chi connectivity index (χ3v) is 24.7. The maximum Gasteiger partial charge on any atom is 0.140 e. The number of epoxide rings is 2. The summed E-state index contributed by atoms with van der Waals surface area (Å²) in [4.78, 5) is 0. The molecule has 0 amide bonds. The van der Waals surface area contributed by atoms with E-state index in [1.807, 2.05) is 13.8 Å². The van der Waals surface area contributed by atoms with Gasteiger partial charge in [-0.2, -0.15) is 15.3 Å². The minimum Gasteiger partial charge on any atom is -0.389 e. The average Bonchev–Trinajstić information content (AvgIpc) is 4.07. The molecular weight excluding hydrogens is 877 g/mol. The highest BCUT2D eigenvalue weighted by Crippen LogP contribution is 2.72. The zero-order chi connectivity index (χ0) is 49.4. The van der Waals surface area contributed by atoms with Gasteiger partial charge in [0, 0.05) is 42.9 Å². The second kappa shape index (κ2) is 20.7. The molecule has 0 aromatic rings. The fraction of sp³-hybridized carbons (Fsp3) is 0.931. The molecule has 10 nitrogen and oxygen atoms in total. The molecule has 11 aliphatic rings. The zero-order valence-corrected chi connectivity index (χ0v) is 47.2. The molecule has 0 bridgehead atoms. The van der Waals surface area contributed by atoms with Crippen molar-refractivity contribution in [1.29, 1.82) is 5.53 Å². The fourth-order valence-corrected chi connectivity index (χ4v) is 18.8. The number of allylic oxidation sites excluding steroid dienone is 1. The lowest BCUT2D eigenvalue weighted by molar-refractivity contribution is -0.0837. The third kappa shape index (κ3) is 8.56. The zero-order valence-electron chi connectivity index (χ0n) is 47.2.